The van der Waals surface area contributed by atoms with E-state index in [1.54, 1.807) is 0 Å². The molecule has 1 fully saturated rings. The highest BCUT2D eigenvalue weighted by atomic mass is 15.1. The van der Waals surface area contributed by atoms with Crippen LogP contribution < -0.4 is 11.1 Å². The normalized spacial score (nSPS) is 24.2. The van der Waals surface area contributed by atoms with Gasteiger partial charge in [-0.15, -0.1) is 0 Å². The molecule has 2 unspecified atom stereocenters. The molecule has 1 aromatic carbocycles. The number of para-hydroxylation sites is 1. The second-order valence-electron chi connectivity index (χ2n) is 5.68. The molecule has 104 valence electrons. The molecule has 1 aliphatic carbocycles. The molecule has 3 nitrogen and oxygen atoms in total. The maximum absolute atomic E-state index is 5.89. The van der Waals surface area contributed by atoms with E-state index in [2.05, 4.69) is 17.2 Å². The predicted molar refractivity (Wildman–Crippen MR) is 82.3 cm³/mol. The number of anilines is 1. The molecule has 1 saturated carbocycles. The van der Waals surface area contributed by atoms with Gasteiger partial charge in [-0.2, -0.15) is 0 Å². The minimum atomic E-state index is 0.523. The highest BCUT2D eigenvalue weighted by Crippen LogP contribution is 2.30. The van der Waals surface area contributed by atoms with Gasteiger partial charge in [0, 0.05) is 12.2 Å². The van der Waals surface area contributed by atoms with Crippen LogP contribution in [0.3, 0.4) is 0 Å². The lowest BCUT2D eigenvalue weighted by atomic mass is 9.81. The zero-order valence-electron chi connectivity index (χ0n) is 11.8. The van der Waals surface area contributed by atoms with Gasteiger partial charge in [0.1, 0.15) is 0 Å². The van der Waals surface area contributed by atoms with E-state index >= 15 is 0 Å². The summed E-state index contributed by atoms with van der Waals surface area (Å²) in [5, 5.41) is 3.12. The van der Waals surface area contributed by atoms with Crippen molar-refractivity contribution in [3.8, 4) is 0 Å². The van der Waals surface area contributed by atoms with Crippen molar-refractivity contribution in [2.24, 2.45) is 22.6 Å². The van der Waals surface area contributed by atoms with Crippen LogP contribution in [0.5, 0.6) is 0 Å². The largest absolute Gasteiger partial charge is 0.370 e. The molecule has 1 aromatic rings. The van der Waals surface area contributed by atoms with Crippen LogP contribution in [0.15, 0.2) is 35.3 Å². The van der Waals surface area contributed by atoms with Gasteiger partial charge < -0.3 is 11.1 Å². The summed E-state index contributed by atoms with van der Waals surface area (Å²) in [6.45, 7) is 3.20. The summed E-state index contributed by atoms with van der Waals surface area (Å²) in [6, 6.07) is 9.94. The van der Waals surface area contributed by atoms with Crippen molar-refractivity contribution in [2.75, 3.05) is 11.9 Å². The number of aliphatic imine (C=N–C) groups is 1. The Labute approximate surface area is 116 Å². The highest BCUT2D eigenvalue weighted by Gasteiger charge is 2.18. The minimum Gasteiger partial charge on any atom is -0.370 e. The van der Waals surface area contributed by atoms with Crippen LogP contribution in [0, 0.1) is 11.8 Å². The van der Waals surface area contributed by atoms with Gasteiger partial charge in [0.2, 0.25) is 0 Å². The maximum atomic E-state index is 5.89. The summed E-state index contributed by atoms with van der Waals surface area (Å²) in [5.74, 6) is 2.26. The van der Waals surface area contributed by atoms with Crippen molar-refractivity contribution in [3.63, 3.8) is 0 Å². The molecule has 0 bridgehead atoms. The Morgan fingerprint density at radius 1 is 1.32 bits per heavy atom. The molecule has 3 heteroatoms. The Kier molecular flexibility index (Phi) is 5.25. The molecule has 2 atom stereocenters. The fraction of sp³-hybridized carbons (Fsp3) is 0.562. The molecule has 2 rings (SSSR count). The Hall–Kier alpha value is -1.51. The molecular formula is C16H25N3. The third-order valence-corrected chi connectivity index (χ3v) is 3.91. The molecule has 0 radical (unpaired) electrons. The van der Waals surface area contributed by atoms with Crippen LogP contribution in [-0.4, -0.2) is 12.5 Å². The Morgan fingerprint density at radius 3 is 2.84 bits per heavy atom. The summed E-state index contributed by atoms with van der Waals surface area (Å²) in [6.07, 6.45) is 6.68. The minimum absolute atomic E-state index is 0.523. The summed E-state index contributed by atoms with van der Waals surface area (Å²) in [7, 11) is 0. The molecule has 0 aromatic heterocycles. The lowest BCUT2D eigenvalue weighted by molar-refractivity contribution is 0.273. The monoisotopic (exact) mass is 259 g/mol. The molecule has 0 saturated heterocycles. The van der Waals surface area contributed by atoms with Crippen LogP contribution in [-0.2, 0) is 0 Å². The van der Waals surface area contributed by atoms with Gasteiger partial charge in [-0.05, 0) is 36.8 Å². The van der Waals surface area contributed by atoms with Crippen LogP contribution >= 0.6 is 0 Å². The van der Waals surface area contributed by atoms with E-state index in [1.165, 1.54) is 32.1 Å². The molecule has 3 N–H and O–H groups in total. The standard InChI is InChI=1S/C16H25N3/c1-13-6-5-7-14(12-13)10-11-18-16(17)19-15-8-3-2-4-9-15/h2-4,8-9,13-14H,5-7,10-12H2,1H3,(H3,17,18,19). The van der Waals surface area contributed by atoms with Crippen LogP contribution in [0.4, 0.5) is 5.69 Å². The van der Waals surface area contributed by atoms with Gasteiger partial charge in [0.05, 0.1) is 0 Å². The zero-order valence-corrected chi connectivity index (χ0v) is 11.8. The number of guanidine groups is 1. The van der Waals surface area contributed by atoms with E-state index in [4.69, 9.17) is 5.73 Å². The van der Waals surface area contributed by atoms with Gasteiger partial charge in [0.15, 0.2) is 5.96 Å². The van der Waals surface area contributed by atoms with Crippen LogP contribution in [0.25, 0.3) is 0 Å². The second-order valence-corrected chi connectivity index (χ2v) is 5.68. The van der Waals surface area contributed by atoms with Crippen molar-refractivity contribution in [3.05, 3.63) is 30.3 Å². The lowest BCUT2D eigenvalue weighted by Crippen LogP contribution is -2.23. The SMILES string of the molecule is CC1CCCC(CCN=C(N)Nc2ccccc2)C1. The Morgan fingerprint density at radius 2 is 2.11 bits per heavy atom. The van der Waals surface area contributed by atoms with Gasteiger partial charge in [-0.1, -0.05) is 44.4 Å². The third kappa shape index (κ3) is 4.93. The van der Waals surface area contributed by atoms with Gasteiger partial charge >= 0.3 is 0 Å². The van der Waals surface area contributed by atoms with E-state index in [0.29, 0.717) is 5.96 Å². The summed E-state index contributed by atoms with van der Waals surface area (Å²) >= 11 is 0. The number of benzene rings is 1. The molecule has 0 amide bonds. The van der Waals surface area contributed by atoms with Crippen LogP contribution in [0.1, 0.15) is 39.0 Å². The van der Waals surface area contributed by atoms with Gasteiger partial charge in [0.25, 0.3) is 0 Å². The quantitative estimate of drug-likeness (QED) is 0.641. The third-order valence-electron chi connectivity index (χ3n) is 3.91. The number of hydrogen-bond donors (Lipinski definition) is 2. The Bertz CT molecular complexity index is 400. The highest BCUT2D eigenvalue weighted by molar-refractivity contribution is 5.92. The molecule has 1 aliphatic rings. The maximum Gasteiger partial charge on any atom is 0.193 e. The average Bonchev–Trinajstić information content (AvgIpc) is 2.40. The molecule has 19 heavy (non-hydrogen) atoms. The number of nitrogens with one attached hydrogen (secondary N) is 1. The number of nitrogens with zero attached hydrogens (tertiary/aromatic N) is 1. The summed E-state index contributed by atoms with van der Waals surface area (Å²) < 4.78 is 0. The smallest absolute Gasteiger partial charge is 0.193 e. The molecular weight excluding hydrogens is 234 g/mol. The van der Waals surface area contributed by atoms with Crippen LogP contribution in [0.2, 0.25) is 0 Å². The van der Waals surface area contributed by atoms with E-state index < -0.39 is 0 Å². The van der Waals surface area contributed by atoms with E-state index in [0.717, 1.165) is 24.1 Å². The fourth-order valence-electron chi connectivity index (χ4n) is 2.90. The predicted octanol–water partition coefficient (Wildman–Crippen LogP) is 3.63. The first-order valence-corrected chi connectivity index (χ1v) is 7.36. The number of nitrogens with two attached hydrogens (primary N) is 1. The Balaban J connectivity index is 1.72. The van der Waals surface area contributed by atoms with E-state index in [1.807, 2.05) is 30.3 Å². The molecule has 0 spiro atoms. The lowest BCUT2D eigenvalue weighted by Gasteiger charge is -2.26. The molecule has 0 heterocycles. The average molecular weight is 259 g/mol. The summed E-state index contributed by atoms with van der Waals surface area (Å²) in [5.41, 5.74) is 6.88. The number of rotatable bonds is 4. The summed E-state index contributed by atoms with van der Waals surface area (Å²) in [4.78, 5) is 4.42. The number of hydrogen-bond acceptors (Lipinski definition) is 1. The van der Waals surface area contributed by atoms with Crippen molar-refractivity contribution >= 4 is 11.6 Å². The molecule has 0 aliphatic heterocycles. The zero-order chi connectivity index (χ0) is 13.5. The van der Waals surface area contributed by atoms with Crippen molar-refractivity contribution in [1.29, 1.82) is 0 Å². The topological polar surface area (TPSA) is 50.4 Å². The van der Waals surface area contributed by atoms with Crippen molar-refractivity contribution < 1.29 is 0 Å². The van der Waals surface area contributed by atoms with E-state index in [-0.39, 0.29) is 0 Å². The fourth-order valence-corrected chi connectivity index (χ4v) is 2.90. The van der Waals surface area contributed by atoms with Gasteiger partial charge in [-0.25, -0.2) is 0 Å². The first-order chi connectivity index (χ1) is 9.24. The first kappa shape index (κ1) is 13.9. The van der Waals surface area contributed by atoms with E-state index in [9.17, 15) is 0 Å². The second kappa shape index (κ2) is 7.17. The first-order valence-electron chi connectivity index (χ1n) is 7.36. The van der Waals surface area contributed by atoms with Crippen molar-refractivity contribution in [2.45, 2.75) is 39.0 Å². The van der Waals surface area contributed by atoms with Gasteiger partial charge in [-0.3, -0.25) is 4.99 Å². The van der Waals surface area contributed by atoms with Crippen molar-refractivity contribution in [1.82, 2.24) is 0 Å².